The fraction of sp³-hybridized carbons (Fsp3) is 0.222. The lowest BCUT2D eigenvalue weighted by atomic mass is 10.1. The number of hydrogen-bond acceptors (Lipinski definition) is 5. The van der Waals surface area contributed by atoms with E-state index in [2.05, 4.69) is 56.9 Å². The Morgan fingerprint density at radius 2 is 1.52 bits per heavy atom. The highest BCUT2D eigenvalue weighted by atomic mass is 79.9. The molecule has 224 valence electrons. The summed E-state index contributed by atoms with van der Waals surface area (Å²) >= 11 is 3.56. The predicted molar refractivity (Wildman–Crippen MR) is 174 cm³/mol. The normalized spacial score (nSPS) is 12.5. The Bertz CT molecular complexity index is 1740. The van der Waals surface area contributed by atoms with E-state index >= 15 is 0 Å². The summed E-state index contributed by atoms with van der Waals surface area (Å²) < 4.78 is 19.8. The summed E-state index contributed by atoms with van der Waals surface area (Å²) in [6.45, 7) is 0.689. The molecule has 6 rings (SSSR count). The van der Waals surface area contributed by atoms with Crippen LogP contribution in [0.2, 0.25) is 0 Å². The number of fused-ring (bicyclic) bond motifs is 1. The minimum atomic E-state index is -0.209. The molecule has 44 heavy (non-hydrogen) atoms. The number of nitrogens with zero attached hydrogens (tertiary/aromatic N) is 3. The van der Waals surface area contributed by atoms with Gasteiger partial charge in [0.1, 0.15) is 28.6 Å². The van der Waals surface area contributed by atoms with Crippen LogP contribution >= 0.6 is 15.9 Å². The summed E-state index contributed by atoms with van der Waals surface area (Å²) in [5, 5.41) is 0. The van der Waals surface area contributed by atoms with Crippen molar-refractivity contribution >= 4 is 21.8 Å². The number of methoxy groups -OCH3 is 3. The first kappa shape index (κ1) is 29.5. The van der Waals surface area contributed by atoms with E-state index in [1.807, 2.05) is 59.6 Å². The van der Waals surface area contributed by atoms with Gasteiger partial charge in [-0.3, -0.25) is 4.79 Å². The third kappa shape index (κ3) is 5.82. The van der Waals surface area contributed by atoms with Crippen LogP contribution in [0.3, 0.4) is 0 Å². The zero-order valence-corrected chi connectivity index (χ0v) is 26.6. The molecule has 0 N–H and O–H groups in total. The molecule has 0 radical (unpaired) electrons. The van der Waals surface area contributed by atoms with Crippen LogP contribution < -0.4 is 14.2 Å². The van der Waals surface area contributed by atoms with Gasteiger partial charge in [-0.15, -0.1) is 0 Å². The van der Waals surface area contributed by atoms with Crippen molar-refractivity contribution in [2.24, 2.45) is 0 Å². The van der Waals surface area contributed by atoms with Crippen LogP contribution in [-0.4, -0.2) is 41.7 Å². The van der Waals surface area contributed by atoms with Gasteiger partial charge in [0.25, 0.3) is 5.91 Å². The van der Waals surface area contributed by atoms with Crippen molar-refractivity contribution < 1.29 is 19.0 Å². The van der Waals surface area contributed by atoms with Gasteiger partial charge in [0.2, 0.25) is 0 Å². The van der Waals surface area contributed by atoms with Crippen LogP contribution in [0.5, 0.6) is 17.2 Å². The van der Waals surface area contributed by atoms with Crippen LogP contribution in [0.4, 0.5) is 0 Å². The lowest BCUT2D eigenvalue weighted by molar-refractivity contribution is 0.0718. The molecule has 1 aliphatic rings. The zero-order valence-electron chi connectivity index (χ0n) is 25.0. The number of rotatable bonds is 10. The van der Waals surface area contributed by atoms with Gasteiger partial charge in [-0.05, 0) is 69.7 Å². The molecule has 0 atom stereocenters. The van der Waals surface area contributed by atoms with Crippen LogP contribution in [0, 0.1) is 0 Å². The maximum absolute atomic E-state index is 14.6. The standard InChI is InChI=1S/C36H34BrN3O4/c1-42-30-15-13-24(14-16-30)22-39(36(41)33-32(43-2)18-17-31(37)34(33)44-3)23-29-21-38-35(25-9-5-4-6-10-25)40(29)28-19-26-11-7-8-12-27(26)20-28/h4-18,21,28H,19-20,22-23H2,1-3H3. The topological polar surface area (TPSA) is 65.8 Å². The summed E-state index contributed by atoms with van der Waals surface area (Å²) in [6.07, 6.45) is 3.72. The number of carbonyl (C=O) groups excluding carboxylic acids is 1. The molecule has 0 unspecified atom stereocenters. The number of benzene rings is 4. The molecule has 0 aliphatic heterocycles. The first-order chi connectivity index (χ1) is 21.5. The fourth-order valence-corrected chi connectivity index (χ4v) is 6.55. The van der Waals surface area contributed by atoms with E-state index in [-0.39, 0.29) is 11.9 Å². The summed E-state index contributed by atoms with van der Waals surface area (Å²) in [6, 6.07) is 30.4. The third-order valence-corrected chi connectivity index (χ3v) is 8.81. The minimum absolute atomic E-state index is 0.174. The molecule has 0 fully saturated rings. The lowest BCUT2D eigenvalue weighted by Gasteiger charge is -2.27. The number of imidazole rings is 1. The number of halogens is 1. The number of carbonyl (C=O) groups is 1. The average Bonchev–Trinajstić information content (AvgIpc) is 3.68. The van der Waals surface area contributed by atoms with Gasteiger partial charge < -0.3 is 23.7 Å². The Kier molecular flexibility index (Phi) is 8.70. The Morgan fingerprint density at radius 1 is 0.841 bits per heavy atom. The van der Waals surface area contributed by atoms with Crippen molar-refractivity contribution in [1.29, 1.82) is 0 Å². The second-order valence-corrected chi connectivity index (χ2v) is 11.7. The molecule has 1 aliphatic carbocycles. The van der Waals surface area contributed by atoms with Gasteiger partial charge in [-0.25, -0.2) is 4.98 Å². The maximum Gasteiger partial charge on any atom is 0.262 e. The van der Waals surface area contributed by atoms with E-state index in [1.54, 1.807) is 27.4 Å². The molecule has 4 aromatic carbocycles. The quantitative estimate of drug-likeness (QED) is 0.156. The van der Waals surface area contributed by atoms with E-state index in [0.29, 0.717) is 34.6 Å². The summed E-state index contributed by atoms with van der Waals surface area (Å²) in [5.74, 6) is 2.32. The van der Waals surface area contributed by atoms with Gasteiger partial charge in [0.05, 0.1) is 44.2 Å². The Hall–Kier alpha value is -4.56. The van der Waals surface area contributed by atoms with E-state index in [4.69, 9.17) is 19.2 Å². The highest BCUT2D eigenvalue weighted by molar-refractivity contribution is 9.10. The van der Waals surface area contributed by atoms with Crippen molar-refractivity contribution in [1.82, 2.24) is 14.5 Å². The Labute approximate surface area is 266 Å². The second kappa shape index (κ2) is 13.0. The van der Waals surface area contributed by atoms with Crippen LogP contribution in [0.1, 0.15) is 38.8 Å². The smallest absolute Gasteiger partial charge is 0.262 e. The molecule has 0 bridgehead atoms. The lowest BCUT2D eigenvalue weighted by Crippen LogP contribution is -2.32. The molecule has 1 heterocycles. The summed E-state index contributed by atoms with van der Waals surface area (Å²) in [7, 11) is 4.76. The number of hydrogen-bond donors (Lipinski definition) is 0. The number of aromatic nitrogens is 2. The highest BCUT2D eigenvalue weighted by Gasteiger charge is 2.31. The predicted octanol–water partition coefficient (Wildman–Crippen LogP) is 7.52. The molecular formula is C36H34BrN3O4. The molecule has 7 nitrogen and oxygen atoms in total. The average molecular weight is 653 g/mol. The highest BCUT2D eigenvalue weighted by Crippen LogP contribution is 2.38. The van der Waals surface area contributed by atoms with Gasteiger partial charge >= 0.3 is 0 Å². The molecular weight excluding hydrogens is 618 g/mol. The van der Waals surface area contributed by atoms with Crippen molar-refractivity contribution in [3.8, 4) is 28.6 Å². The molecule has 0 saturated heterocycles. The molecule has 1 aromatic heterocycles. The number of ether oxygens (including phenoxy) is 3. The van der Waals surface area contributed by atoms with Gasteiger partial charge in [-0.2, -0.15) is 0 Å². The minimum Gasteiger partial charge on any atom is -0.497 e. The molecule has 8 heteroatoms. The van der Waals surface area contributed by atoms with Crippen molar-refractivity contribution in [2.45, 2.75) is 32.0 Å². The van der Waals surface area contributed by atoms with E-state index in [1.165, 1.54) is 11.1 Å². The zero-order chi connectivity index (χ0) is 30.6. The van der Waals surface area contributed by atoms with Crippen LogP contribution in [0.15, 0.2) is 102 Å². The maximum atomic E-state index is 14.6. The van der Waals surface area contributed by atoms with Crippen molar-refractivity contribution in [2.75, 3.05) is 21.3 Å². The first-order valence-corrected chi connectivity index (χ1v) is 15.3. The summed E-state index contributed by atoms with van der Waals surface area (Å²) in [4.78, 5) is 21.3. The van der Waals surface area contributed by atoms with Crippen molar-refractivity contribution in [3.63, 3.8) is 0 Å². The fourth-order valence-electron chi connectivity index (χ4n) is 6.06. The van der Waals surface area contributed by atoms with Gasteiger partial charge in [0.15, 0.2) is 0 Å². The molecule has 1 amide bonds. The monoisotopic (exact) mass is 651 g/mol. The Morgan fingerprint density at radius 3 is 2.16 bits per heavy atom. The van der Waals surface area contributed by atoms with E-state index < -0.39 is 0 Å². The number of amides is 1. The van der Waals surface area contributed by atoms with Crippen molar-refractivity contribution in [3.05, 3.63) is 130 Å². The largest absolute Gasteiger partial charge is 0.497 e. The first-order valence-electron chi connectivity index (χ1n) is 14.5. The van der Waals surface area contributed by atoms with Gasteiger partial charge in [-0.1, -0.05) is 66.7 Å². The molecule has 0 saturated carbocycles. The SMILES string of the molecule is COc1ccc(CN(Cc2cnc(-c3ccccc3)n2C2Cc3ccccc3C2)C(=O)c2c(OC)ccc(Br)c2OC)cc1. The molecule has 0 spiro atoms. The van der Waals surface area contributed by atoms with Gasteiger partial charge in [0, 0.05) is 18.2 Å². The molecule has 5 aromatic rings. The van der Waals surface area contributed by atoms with E-state index in [0.717, 1.165) is 41.2 Å². The van der Waals surface area contributed by atoms with E-state index in [9.17, 15) is 4.79 Å². The Balaban J connectivity index is 1.44. The second-order valence-electron chi connectivity index (χ2n) is 10.8. The van der Waals surface area contributed by atoms with Crippen LogP contribution in [0.25, 0.3) is 11.4 Å². The van der Waals surface area contributed by atoms with Crippen LogP contribution in [-0.2, 0) is 25.9 Å². The summed E-state index contributed by atoms with van der Waals surface area (Å²) in [5.41, 5.74) is 6.03. The third-order valence-electron chi connectivity index (χ3n) is 8.18.